The standard InChI is InChI=1S/C18H21N7O2S/c1-2-21-17(26)23-18-22-15-7-13(12-9-19-11-20-10-12)14(8-16(15)28-18)24-25-3-5-27-6-4-25/h7-11,24H,2-6H2,1H3,(H2,21,22,23,26). The van der Waals surface area contributed by atoms with Crippen molar-refractivity contribution in [3.05, 3.63) is 30.9 Å². The highest BCUT2D eigenvalue weighted by Gasteiger charge is 2.16. The molecule has 3 N–H and O–H groups in total. The molecule has 1 aliphatic rings. The third-order valence-electron chi connectivity index (χ3n) is 4.25. The molecule has 1 saturated heterocycles. The topological polar surface area (TPSA) is 104 Å². The van der Waals surface area contributed by atoms with E-state index in [1.165, 1.54) is 17.7 Å². The monoisotopic (exact) mass is 399 g/mol. The molecule has 146 valence electrons. The quantitative estimate of drug-likeness (QED) is 0.606. The third kappa shape index (κ3) is 4.19. The van der Waals surface area contributed by atoms with Crippen LogP contribution in [-0.4, -0.2) is 58.8 Å². The van der Waals surface area contributed by atoms with Crippen molar-refractivity contribution in [2.45, 2.75) is 6.92 Å². The normalized spacial score (nSPS) is 14.8. The van der Waals surface area contributed by atoms with E-state index in [-0.39, 0.29) is 6.03 Å². The second-order valence-corrected chi connectivity index (χ2v) is 7.24. The number of fused-ring (bicyclic) bond motifs is 1. The van der Waals surface area contributed by atoms with Crippen LogP contribution in [-0.2, 0) is 4.74 Å². The Morgan fingerprint density at radius 2 is 2.04 bits per heavy atom. The number of hydrazine groups is 1. The van der Waals surface area contributed by atoms with Crippen LogP contribution in [0, 0.1) is 0 Å². The number of carbonyl (C=O) groups is 1. The van der Waals surface area contributed by atoms with E-state index >= 15 is 0 Å². The Morgan fingerprint density at radius 1 is 1.25 bits per heavy atom. The van der Waals surface area contributed by atoms with Gasteiger partial charge in [0.1, 0.15) is 6.33 Å². The number of ether oxygens (including phenoxy) is 1. The minimum atomic E-state index is -0.259. The van der Waals surface area contributed by atoms with Crippen molar-refractivity contribution in [3.8, 4) is 11.1 Å². The van der Waals surface area contributed by atoms with Gasteiger partial charge in [-0.3, -0.25) is 5.32 Å². The van der Waals surface area contributed by atoms with Crippen LogP contribution in [0.1, 0.15) is 6.92 Å². The molecular weight excluding hydrogens is 378 g/mol. The Bertz CT molecular complexity index is 957. The zero-order valence-electron chi connectivity index (χ0n) is 15.4. The van der Waals surface area contributed by atoms with Crippen molar-refractivity contribution in [1.29, 1.82) is 0 Å². The summed E-state index contributed by atoms with van der Waals surface area (Å²) in [7, 11) is 0. The summed E-state index contributed by atoms with van der Waals surface area (Å²) in [5.74, 6) is 0. The van der Waals surface area contributed by atoms with Gasteiger partial charge in [0.15, 0.2) is 5.13 Å². The minimum absolute atomic E-state index is 0.259. The van der Waals surface area contributed by atoms with Crippen LogP contribution in [0.25, 0.3) is 21.3 Å². The Balaban J connectivity index is 1.70. The predicted octanol–water partition coefficient (Wildman–Crippen LogP) is 2.55. The number of thiazole rings is 1. The molecule has 4 rings (SSSR count). The maximum atomic E-state index is 11.8. The summed E-state index contributed by atoms with van der Waals surface area (Å²) in [4.78, 5) is 24.6. The zero-order valence-corrected chi connectivity index (χ0v) is 16.3. The SMILES string of the molecule is CCNC(=O)Nc1nc2cc(-c3cncnc3)c(NN3CCOCC3)cc2s1. The van der Waals surface area contributed by atoms with Crippen molar-refractivity contribution in [3.63, 3.8) is 0 Å². The number of rotatable bonds is 5. The van der Waals surface area contributed by atoms with E-state index in [0.29, 0.717) is 24.9 Å². The molecule has 0 saturated carbocycles. The summed E-state index contributed by atoms with van der Waals surface area (Å²) in [6, 6.07) is 3.79. The van der Waals surface area contributed by atoms with Crippen LogP contribution < -0.4 is 16.1 Å². The van der Waals surface area contributed by atoms with Crippen molar-refractivity contribution in [2.75, 3.05) is 43.6 Å². The maximum absolute atomic E-state index is 11.8. The third-order valence-corrected chi connectivity index (χ3v) is 5.18. The zero-order chi connectivity index (χ0) is 19.3. The van der Waals surface area contributed by atoms with Gasteiger partial charge in [0.25, 0.3) is 0 Å². The molecule has 2 amide bonds. The molecule has 0 radical (unpaired) electrons. The van der Waals surface area contributed by atoms with Gasteiger partial charge >= 0.3 is 6.03 Å². The van der Waals surface area contributed by atoms with E-state index in [2.05, 4.69) is 36.0 Å². The van der Waals surface area contributed by atoms with Gasteiger partial charge in [-0.25, -0.2) is 24.8 Å². The van der Waals surface area contributed by atoms with Crippen molar-refractivity contribution in [2.24, 2.45) is 0 Å². The van der Waals surface area contributed by atoms with Gasteiger partial charge in [-0.1, -0.05) is 11.3 Å². The number of hydrogen-bond acceptors (Lipinski definition) is 8. The lowest BCUT2D eigenvalue weighted by atomic mass is 10.1. The van der Waals surface area contributed by atoms with E-state index in [1.807, 2.05) is 19.1 Å². The number of hydrogen-bond donors (Lipinski definition) is 3. The van der Waals surface area contributed by atoms with E-state index in [1.54, 1.807) is 12.4 Å². The summed E-state index contributed by atoms with van der Waals surface area (Å²) < 4.78 is 6.40. The molecule has 3 heterocycles. The van der Waals surface area contributed by atoms with E-state index in [9.17, 15) is 4.79 Å². The van der Waals surface area contributed by atoms with Gasteiger partial charge in [0.2, 0.25) is 0 Å². The lowest BCUT2D eigenvalue weighted by Crippen LogP contribution is -2.40. The number of aromatic nitrogens is 3. The summed E-state index contributed by atoms with van der Waals surface area (Å²) in [5.41, 5.74) is 7.09. The van der Waals surface area contributed by atoms with Crippen LogP contribution in [0.2, 0.25) is 0 Å². The van der Waals surface area contributed by atoms with E-state index < -0.39 is 0 Å². The van der Waals surface area contributed by atoms with E-state index in [4.69, 9.17) is 4.74 Å². The largest absolute Gasteiger partial charge is 0.379 e. The van der Waals surface area contributed by atoms with Crippen LogP contribution >= 0.6 is 11.3 Å². The predicted molar refractivity (Wildman–Crippen MR) is 109 cm³/mol. The van der Waals surface area contributed by atoms with Gasteiger partial charge in [0.05, 0.1) is 29.1 Å². The van der Waals surface area contributed by atoms with Crippen molar-refractivity contribution >= 4 is 38.4 Å². The van der Waals surface area contributed by atoms with Crippen LogP contribution in [0.3, 0.4) is 0 Å². The maximum Gasteiger partial charge on any atom is 0.321 e. The Kier molecular flexibility index (Phi) is 5.60. The molecule has 0 unspecified atom stereocenters. The summed E-state index contributed by atoms with van der Waals surface area (Å²) >= 11 is 1.43. The smallest absolute Gasteiger partial charge is 0.321 e. The van der Waals surface area contributed by atoms with Crippen molar-refractivity contribution in [1.82, 2.24) is 25.3 Å². The lowest BCUT2D eigenvalue weighted by molar-refractivity contribution is 0.0497. The summed E-state index contributed by atoms with van der Waals surface area (Å²) in [6.07, 6.45) is 5.06. The fraction of sp³-hybridized carbons (Fsp3) is 0.333. The highest BCUT2D eigenvalue weighted by atomic mass is 32.1. The summed E-state index contributed by atoms with van der Waals surface area (Å²) in [5, 5.41) is 8.18. The number of benzene rings is 1. The molecule has 28 heavy (non-hydrogen) atoms. The van der Waals surface area contributed by atoms with Crippen LogP contribution in [0.15, 0.2) is 30.9 Å². The van der Waals surface area contributed by atoms with Gasteiger partial charge in [-0.15, -0.1) is 0 Å². The fourth-order valence-electron chi connectivity index (χ4n) is 2.94. The molecule has 1 fully saturated rings. The first-order valence-corrected chi connectivity index (χ1v) is 9.89. The molecule has 1 aliphatic heterocycles. The van der Waals surface area contributed by atoms with Gasteiger partial charge in [-0.05, 0) is 19.1 Å². The number of nitrogens with one attached hydrogen (secondary N) is 3. The first-order valence-electron chi connectivity index (χ1n) is 9.07. The second kappa shape index (κ2) is 8.46. The van der Waals surface area contributed by atoms with Crippen molar-refractivity contribution < 1.29 is 9.53 Å². The molecular formula is C18H21N7O2S. The fourth-order valence-corrected chi connectivity index (χ4v) is 3.83. The summed E-state index contributed by atoms with van der Waals surface area (Å²) in [6.45, 7) is 5.42. The molecule has 10 heteroatoms. The second-order valence-electron chi connectivity index (χ2n) is 6.21. The number of nitrogens with zero attached hydrogens (tertiary/aromatic N) is 4. The first kappa shape index (κ1) is 18.5. The van der Waals surface area contributed by atoms with E-state index in [0.717, 1.165) is 40.1 Å². The van der Waals surface area contributed by atoms with Crippen LogP contribution in [0.5, 0.6) is 0 Å². The Hall–Kier alpha value is -2.82. The molecule has 1 aromatic carbocycles. The Morgan fingerprint density at radius 3 is 2.79 bits per heavy atom. The number of carbonyl (C=O) groups excluding carboxylic acids is 1. The van der Waals surface area contributed by atoms with Gasteiger partial charge in [-0.2, -0.15) is 0 Å². The minimum Gasteiger partial charge on any atom is -0.379 e. The highest BCUT2D eigenvalue weighted by molar-refractivity contribution is 7.22. The molecule has 2 aromatic heterocycles. The van der Waals surface area contributed by atoms with Crippen LogP contribution in [0.4, 0.5) is 15.6 Å². The molecule has 3 aromatic rings. The van der Waals surface area contributed by atoms with Gasteiger partial charge in [0, 0.05) is 43.2 Å². The molecule has 0 bridgehead atoms. The number of amides is 2. The average molecular weight is 399 g/mol. The molecule has 0 aliphatic carbocycles. The molecule has 9 nitrogen and oxygen atoms in total. The van der Waals surface area contributed by atoms with Gasteiger partial charge < -0.3 is 15.5 Å². The average Bonchev–Trinajstić information content (AvgIpc) is 3.10. The number of urea groups is 1. The molecule has 0 atom stereocenters. The Labute approximate surface area is 166 Å². The lowest BCUT2D eigenvalue weighted by Gasteiger charge is -2.29. The first-order chi connectivity index (χ1) is 13.7. The number of anilines is 2. The number of morpholine rings is 1. The molecule has 0 spiro atoms. The highest BCUT2D eigenvalue weighted by Crippen LogP contribution is 2.36.